The van der Waals surface area contributed by atoms with E-state index in [0.29, 0.717) is 6.42 Å². The van der Waals surface area contributed by atoms with Gasteiger partial charge in [0.05, 0.1) is 6.04 Å². The van der Waals surface area contributed by atoms with Crippen molar-refractivity contribution >= 4 is 30.4 Å². The summed E-state index contributed by atoms with van der Waals surface area (Å²) in [6, 6.07) is -1.59. The molecule has 0 aromatic heterocycles. The summed E-state index contributed by atoms with van der Waals surface area (Å²) in [6.45, 7) is 3.30. The van der Waals surface area contributed by atoms with Gasteiger partial charge in [-0.25, -0.2) is 0 Å². The normalized spacial score (nSPS) is 13.7. The molecule has 5 N–H and O–H groups in total. The Morgan fingerprint density at radius 2 is 1.84 bits per heavy atom. The number of carbonyl (C=O) groups excluding carboxylic acids is 2. The number of nitrogens with two attached hydrogens (primary N) is 1. The summed E-state index contributed by atoms with van der Waals surface area (Å²) >= 11 is 3.90. The lowest BCUT2D eigenvalue weighted by molar-refractivity contribution is -0.138. The fourth-order valence-corrected chi connectivity index (χ4v) is 1.52. The summed E-state index contributed by atoms with van der Waals surface area (Å²) in [6.07, 6.45) is 0.399. The topological polar surface area (TPSA) is 122 Å². The van der Waals surface area contributed by atoms with Crippen molar-refractivity contribution in [2.24, 2.45) is 11.7 Å². The van der Waals surface area contributed by atoms with Crippen LogP contribution in [0, 0.1) is 5.92 Å². The average molecular weight is 291 g/mol. The van der Waals surface area contributed by atoms with Gasteiger partial charge in [0.1, 0.15) is 12.6 Å². The van der Waals surface area contributed by atoms with Gasteiger partial charge in [-0.3, -0.25) is 14.4 Å². The second kappa shape index (κ2) is 8.76. The van der Waals surface area contributed by atoms with Gasteiger partial charge in [-0.05, 0) is 12.3 Å². The van der Waals surface area contributed by atoms with Gasteiger partial charge in [0.15, 0.2) is 0 Å². The molecule has 0 saturated carbocycles. The average Bonchev–Trinajstić information content (AvgIpc) is 2.33. The first kappa shape index (κ1) is 17.7. The van der Waals surface area contributed by atoms with Crippen LogP contribution in [0.3, 0.4) is 0 Å². The predicted molar refractivity (Wildman–Crippen MR) is 73.9 cm³/mol. The minimum atomic E-state index is -1.14. The van der Waals surface area contributed by atoms with Crippen molar-refractivity contribution in [3.05, 3.63) is 0 Å². The van der Waals surface area contributed by atoms with Crippen LogP contribution in [0.15, 0.2) is 0 Å². The predicted octanol–water partition coefficient (Wildman–Crippen LogP) is -1.02. The van der Waals surface area contributed by atoms with Crippen LogP contribution in [0.1, 0.15) is 20.3 Å². The molecule has 0 rings (SSSR count). The van der Waals surface area contributed by atoms with Crippen LogP contribution in [0.25, 0.3) is 0 Å². The molecule has 0 aromatic rings. The molecule has 19 heavy (non-hydrogen) atoms. The van der Waals surface area contributed by atoms with Crippen molar-refractivity contribution in [1.29, 1.82) is 0 Å². The largest absolute Gasteiger partial charge is 0.480 e. The van der Waals surface area contributed by atoms with E-state index in [-0.39, 0.29) is 11.7 Å². The fourth-order valence-electron chi connectivity index (χ4n) is 1.35. The second-order valence-corrected chi connectivity index (χ2v) is 4.96. The number of hydrogen-bond donors (Lipinski definition) is 5. The summed E-state index contributed by atoms with van der Waals surface area (Å²) in [7, 11) is 0. The Hall–Kier alpha value is -1.28. The number of carbonyl (C=O) groups is 3. The van der Waals surface area contributed by atoms with E-state index in [1.807, 2.05) is 13.8 Å². The molecule has 8 heteroatoms. The highest BCUT2D eigenvalue weighted by atomic mass is 32.1. The smallest absolute Gasteiger partial charge is 0.322 e. The van der Waals surface area contributed by atoms with Crippen LogP contribution in [-0.2, 0) is 14.4 Å². The molecule has 0 aliphatic carbocycles. The standard InChI is InChI=1S/C11H21N3O4S/c1-6(2)3-8(11(18)13-4-9(15)16)14-10(17)7(12)5-19/h6-8,19H,3-5,12H2,1-2H3,(H,13,18)(H,14,17)(H,15,16)/t7-,8-/m0/s1. The number of rotatable bonds is 8. The zero-order valence-corrected chi connectivity index (χ0v) is 11.9. The Kier molecular flexibility index (Phi) is 8.17. The highest BCUT2D eigenvalue weighted by molar-refractivity contribution is 7.80. The van der Waals surface area contributed by atoms with Gasteiger partial charge in [0.25, 0.3) is 0 Å². The van der Waals surface area contributed by atoms with E-state index in [1.165, 1.54) is 0 Å². The van der Waals surface area contributed by atoms with Gasteiger partial charge in [-0.15, -0.1) is 0 Å². The number of aliphatic carboxylic acids is 1. The van der Waals surface area contributed by atoms with E-state index >= 15 is 0 Å². The van der Waals surface area contributed by atoms with E-state index < -0.39 is 36.4 Å². The van der Waals surface area contributed by atoms with E-state index in [9.17, 15) is 14.4 Å². The Labute approximate surface area is 117 Å². The van der Waals surface area contributed by atoms with Gasteiger partial charge in [0, 0.05) is 5.75 Å². The number of hydrogen-bond acceptors (Lipinski definition) is 5. The van der Waals surface area contributed by atoms with Crippen molar-refractivity contribution in [3.63, 3.8) is 0 Å². The van der Waals surface area contributed by atoms with Gasteiger partial charge in [-0.1, -0.05) is 13.8 Å². The Morgan fingerprint density at radius 3 is 2.26 bits per heavy atom. The summed E-state index contributed by atoms with van der Waals surface area (Å²) < 4.78 is 0. The third-order valence-electron chi connectivity index (χ3n) is 2.29. The van der Waals surface area contributed by atoms with Crippen LogP contribution in [0.2, 0.25) is 0 Å². The molecule has 0 fully saturated rings. The molecule has 0 aliphatic rings. The fraction of sp³-hybridized carbons (Fsp3) is 0.727. The molecule has 0 heterocycles. The lowest BCUT2D eigenvalue weighted by Crippen LogP contribution is -2.53. The third-order valence-corrected chi connectivity index (χ3v) is 2.68. The molecule has 0 aromatic carbocycles. The Bertz CT molecular complexity index is 336. The summed E-state index contributed by atoms with van der Waals surface area (Å²) in [5.74, 6) is -1.83. The SMILES string of the molecule is CC(C)C[C@H](NC(=O)[C@@H](N)CS)C(=O)NCC(=O)O. The number of carboxylic acids is 1. The first-order valence-corrected chi connectivity index (χ1v) is 6.57. The van der Waals surface area contributed by atoms with E-state index in [1.54, 1.807) is 0 Å². The molecule has 7 nitrogen and oxygen atoms in total. The van der Waals surface area contributed by atoms with Crippen LogP contribution >= 0.6 is 12.6 Å². The highest BCUT2D eigenvalue weighted by Crippen LogP contribution is 2.05. The number of thiol groups is 1. The molecule has 0 saturated heterocycles. The quantitative estimate of drug-likeness (QED) is 0.366. The summed E-state index contributed by atoms with van der Waals surface area (Å²) in [5, 5.41) is 13.2. The molecule has 2 amide bonds. The summed E-state index contributed by atoms with van der Waals surface area (Å²) in [4.78, 5) is 33.8. The molecule has 110 valence electrons. The first-order valence-electron chi connectivity index (χ1n) is 5.94. The Morgan fingerprint density at radius 1 is 1.26 bits per heavy atom. The van der Waals surface area contributed by atoms with Gasteiger partial charge in [0.2, 0.25) is 11.8 Å². The van der Waals surface area contributed by atoms with Crippen LogP contribution < -0.4 is 16.4 Å². The van der Waals surface area contributed by atoms with Crippen molar-refractivity contribution in [2.45, 2.75) is 32.4 Å². The molecule has 0 bridgehead atoms. The van der Waals surface area contributed by atoms with E-state index in [0.717, 1.165) is 0 Å². The van der Waals surface area contributed by atoms with Gasteiger partial charge in [-0.2, -0.15) is 12.6 Å². The molecule has 0 unspecified atom stereocenters. The monoisotopic (exact) mass is 291 g/mol. The minimum Gasteiger partial charge on any atom is -0.480 e. The molecule has 0 aliphatic heterocycles. The van der Waals surface area contributed by atoms with E-state index in [4.69, 9.17) is 10.8 Å². The van der Waals surface area contributed by atoms with Crippen LogP contribution in [0.4, 0.5) is 0 Å². The maximum Gasteiger partial charge on any atom is 0.322 e. The Balaban J connectivity index is 4.57. The molecular formula is C11H21N3O4S. The summed E-state index contributed by atoms with van der Waals surface area (Å²) in [5.41, 5.74) is 5.50. The first-order chi connectivity index (χ1) is 8.77. The third kappa shape index (κ3) is 7.68. The number of carboxylic acid groups (broad SMARTS) is 1. The van der Waals surface area contributed by atoms with Crippen molar-refractivity contribution < 1.29 is 19.5 Å². The van der Waals surface area contributed by atoms with Gasteiger partial charge >= 0.3 is 5.97 Å². The molecular weight excluding hydrogens is 270 g/mol. The molecule has 0 radical (unpaired) electrons. The second-order valence-electron chi connectivity index (χ2n) is 4.59. The van der Waals surface area contributed by atoms with Crippen molar-refractivity contribution in [3.8, 4) is 0 Å². The van der Waals surface area contributed by atoms with Crippen molar-refractivity contribution in [2.75, 3.05) is 12.3 Å². The maximum absolute atomic E-state index is 11.8. The zero-order valence-electron chi connectivity index (χ0n) is 11.0. The molecule has 0 spiro atoms. The lowest BCUT2D eigenvalue weighted by Gasteiger charge is -2.21. The van der Waals surface area contributed by atoms with E-state index in [2.05, 4.69) is 23.3 Å². The number of nitrogens with one attached hydrogen (secondary N) is 2. The minimum absolute atomic E-state index is 0.160. The van der Waals surface area contributed by atoms with Crippen LogP contribution in [0.5, 0.6) is 0 Å². The lowest BCUT2D eigenvalue weighted by atomic mass is 10.0. The highest BCUT2D eigenvalue weighted by Gasteiger charge is 2.24. The van der Waals surface area contributed by atoms with Crippen LogP contribution in [-0.4, -0.2) is 47.3 Å². The van der Waals surface area contributed by atoms with Gasteiger partial charge < -0.3 is 21.5 Å². The zero-order chi connectivity index (χ0) is 15.0. The van der Waals surface area contributed by atoms with Crippen molar-refractivity contribution in [1.82, 2.24) is 10.6 Å². The number of amides is 2. The molecule has 2 atom stereocenters. The maximum atomic E-state index is 11.8.